The topological polar surface area (TPSA) is 69.6 Å². The Morgan fingerprint density at radius 1 is 1.24 bits per heavy atom. The van der Waals surface area contributed by atoms with Gasteiger partial charge in [-0.3, -0.25) is 4.68 Å². The Labute approximate surface area is 127 Å². The van der Waals surface area contributed by atoms with Crippen molar-refractivity contribution in [2.45, 2.75) is 36.9 Å². The van der Waals surface area contributed by atoms with Crippen LogP contribution in [0, 0.1) is 6.92 Å². The van der Waals surface area contributed by atoms with Gasteiger partial charge in [-0.05, 0) is 31.2 Å². The standard InChI is InChI=1S/C15H17N5S/c1-3-8-20-15(13(16)10(2)19-20)21-14-11-6-4-5-7-12(11)17-9-18-14/h4-7,9H,3,8,16H2,1-2H3. The van der Waals surface area contributed by atoms with Gasteiger partial charge in [0.25, 0.3) is 0 Å². The molecule has 0 aliphatic carbocycles. The predicted molar refractivity (Wildman–Crippen MR) is 85.3 cm³/mol. The van der Waals surface area contributed by atoms with Gasteiger partial charge in [0.15, 0.2) is 0 Å². The largest absolute Gasteiger partial charge is 0.395 e. The second-order valence-corrected chi connectivity index (χ2v) is 5.80. The summed E-state index contributed by atoms with van der Waals surface area (Å²) in [5, 5.41) is 7.40. The summed E-state index contributed by atoms with van der Waals surface area (Å²) in [6, 6.07) is 7.98. The zero-order valence-corrected chi connectivity index (χ0v) is 12.9. The zero-order valence-electron chi connectivity index (χ0n) is 12.1. The van der Waals surface area contributed by atoms with Crippen LogP contribution < -0.4 is 5.73 Å². The number of nitrogens with zero attached hydrogens (tertiary/aromatic N) is 4. The molecule has 3 rings (SSSR count). The van der Waals surface area contributed by atoms with Gasteiger partial charge in [-0.2, -0.15) is 5.10 Å². The van der Waals surface area contributed by atoms with Gasteiger partial charge in [0.2, 0.25) is 0 Å². The molecule has 0 fully saturated rings. The van der Waals surface area contributed by atoms with Gasteiger partial charge in [-0.1, -0.05) is 25.1 Å². The van der Waals surface area contributed by atoms with Crippen molar-refractivity contribution in [3.63, 3.8) is 0 Å². The van der Waals surface area contributed by atoms with Gasteiger partial charge < -0.3 is 5.73 Å². The monoisotopic (exact) mass is 299 g/mol. The number of nitrogens with two attached hydrogens (primary N) is 1. The van der Waals surface area contributed by atoms with Crippen molar-refractivity contribution in [3.05, 3.63) is 36.3 Å². The Kier molecular flexibility index (Phi) is 3.79. The number of rotatable bonds is 4. The molecule has 0 spiro atoms. The average Bonchev–Trinajstić information content (AvgIpc) is 2.76. The Morgan fingerprint density at radius 2 is 2.05 bits per heavy atom. The third-order valence-electron chi connectivity index (χ3n) is 3.26. The van der Waals surface area contributed by atoms with Gasteiger partial charge in [0.05, 0.1) is 16.9 Å². The number of para-hydroxylation sites is 1. The van der Waals surface area contributed by atoms with E-state index in [9.17, 15) is 0 Å². The van der Waals surface area contributed by atoms with Crippen LogP contribution in [0.15, 0.2) is 40.6 Å². The van der Waals surface area contributed by atoms with Crippen molar-refractivity contribution in [2.75, 3.05) is 5.73 Å². The molecule has 0 amide bonds. The first kappa shape index (κ1) is 13.9. The molecule has 0 aliphatic heterocycles. The molecule has 3 aromatic rings. The van der Waals surface area contributed by atoms with Gasteiger partial charge in [-0.25, -0.2) is 9.97 Å². The molecule has 0 bridgehead atoms. The molecule has 1 aromatic carbocycles. The molecule has 0 saturated carbocycles. The maximum Gasteiger partial charge on any atom is 0.124 e. The molecule has 0 atom stereocenters. The van der Waals surface area contributed by atoms with Crippen LogP contribution in [0.3, 0.4) is 0 Å². The van der Waals surface area contributed by atoms with E-state index in [1.54, 1.807) is 18.1 Å². The number of benzene rings is 1. The molecular weight excluding hydrogens is 282 g/mol. The van der Waals surface area contributed by atoms with Gasteiger partial charge in [0, 0.05) is 11.9 Å². The molecule has 6 heteroatoms. The van der Waals surface area contributed by atoms with Crippen molar-refractivity contribution in [1.82, 2.24) is 19.7 Å². The first-order valence-electron chi connectivity index (χ1n) is 6.91. The fraction of sp³-hybridized carbons (Fsp3) is 0.267. The summed E-state index contributed by atoms with van der Waals surface area (Å²) in [4.78, 5) is 8.70. The van der Waals surface area contributed by atoms with E-state index < -0.39 is 0 Å². The van der Waals surface area contributed by atoms with E-state index in [2.05, 4.69) is 22.0 Å². The molecule has 108 valence electrons. The van der Waals surface area contributed by atoms with E-state index in [1.165, 1.54) is 0 Å². The van der Waals surface area contributed by atoms with E-state index in [1.807, 2.05) is 35.9 Å². The Bertz CT molecular complexity index is 776. The second-order valence-electron chi connectivity index (χ2n) is 4.83. The van der Waals surface area contributed by atoms with E-state index in [4.69, 9.17) is 5.73 Å². The molecule has 0 saturated heterocycles. The number of hydrogen-bond acceptors (Lipinski definition) is 5. The highest BCUT2D eigenvalue weighted by atomic mass is 32.2. The maximum atomic E-state index is 6.18. The maximum absolute atomic E-state index is 6.18. The minimum Gasteiger partial charge on any atom is -0.395 e. The summed E-state index contributed by atoms with van der Waals surface area (Å²) in [5.41, 5.74) is 8.71. The number of anilines is 1. The van der Waals surface area contributed by atoms with Crippen LogP contribution in [0.2, 0.25) is 0 Å². The summed E-state index contributed by atoms with van der Waals surface area (Å²) >= 11 is 1.56. The molecule has 2 heterocycles. The lowest BCUT2D eigenvalue weighted by atomic mass is 10.2. The van der Waals surface area contributed by atoms with E-state index >= 15 is 0 Å². The number of hydrogen-bond donors (Lipinski definition) is 1. The van der Waals surface area contributed by atoms with Crippen LogP contribution in [-0.2, 0) is 6.54 Å². The first-order chi connectivity index (χ1) is 10.2. The van der Waals surface area contributed by atoms with Gasteiger partial charge >= 0.3 is 0 Å². The van der Waals surface area contributed by atoms with Crippen LogP contribution >= 0.6 is 11.8 Å². The van der Waals surface area contributed by atoms with E-state index in [0.29, 0.717) is 0 Å². The van der Waals surface area contributed by atoms with Crippen molar-refractivity contribution in [3.8, 4) is 0 Å². The second kappa shape index (κ2) is 5.73. The van der Waals surface area contributed by atoms with Crippen LogP contribution in [0.25, 0.3) is 10.9 Å². The molecular formula is C15H17N5S. The predicted octanol–water partition coefficient (Wildman–Crippen LogP) is 3.28. The highest BCUT2D eigenvalue weighted by molar-refractivity contribution is 7.99. The fourth-order valence-corrected chi connectivity index (χ4v) is 3.26. The summed E-state index contributed by atoms with van der Waals surface area (Å²) in [7, 11) is 0. The first-order valence-corrected chi connectivity index (χ1v) is 7.72. The van der Waals surface area contributed by atoms with E-state index in [0.717, 1.165) is 45.3 Å². The molecule has 0 unspecified atom stereocenters. The smallest absolute Gasteiger partial charge is 0.124 e. The molecule has 0 radical (unpaired) electrons. The lowest BCUT2D eigenvalue weighted by Gasteiger charge is -2.08. The van der Waals surface area contributed by atoms with E-state index in [-0.39, 0.29) is 0 Å². The van der Waals surface area contributed by atoms with Crippen LogP contribution in [0.1, 0.15) is 19.0 Å². The number of aromatic nitrogens is 4. The summed E-state index contributed by atoms with van der Waals surface area (Å²) < 4.78 is 1.96. The highest BCUT2D eigenvalue weighted by Gasteiger charge is 2.15. The molecule has 0 aliphatic rings. The molecule has 21 heavy (non-hydrogen) atoms. The average molecular weight is 299 g/mol. The third kappa shape index (κ3) is 2.58. The minimum atomic E-state index is 0.733. The normalized spacial score (nSPS) is 11.1. The van der Waals surface area contributed by atoms with Crippen molar-refractivity contribution < 1.29 is 0 Å². The SMILES string of the molecule is CCCn1nc(C)c(N)c1Sc1ncnc2ccccc12. The van der Waals surface area contributed by atoms with Crippen molar-refractivity contribution in [2.24, 2.45) is 0 Å². The van der Waals surface area contributed by atoms with Crippen LogP contribution in [0.4, 0.5) is 5.69 Å². The number of fused-ring (bicyclic) bond motifs is 1. The summed E-state index contributed by atoms with van der Waals surface area (Å²) in [6.45, 7) is 4.91. The van der Waals surface area contributed by atoms with Gasteiger partial charge in [-0.15, -0.1) is 0 Å². The van der Waals surface area contributed by atoms with Gasteiger partial charge in [0.1, 0.15) is 16.4 Å². The Balaban J connectivity index is 2.06. The Hall–Kier alpha value is -2.08. The lowest BCUT2D eigenvalue weighted by molar-refractivity contribution is 0.556. The Morgan fingerprint density at radius 3 is 2.86 bits per heavy atom. The quantitative estimate of drug-likeness (QED) is 0.749. The fourth-order valence-electron chi connectivity index (χ4n) is 2.20. The van der Waals surface area contributed by atoms with Crippen molar-refractivity contribution >= 4 is 28.4 Å². The third-order valence-corrected chi connectivity index (χ3v) is 4.40. The molecule has 2 N–H and O–H groups in total. The summed E-state index contributed by atoms with van der Waals surface area (Å²) in [5.74, 6) is 0. The zero-order chi connectivity index (χ0) is 14.8. The highest BCUT2D eigenvalue weighted by Crippen LogP contribution is 2.35. The van der Waals surface area contributed by atoms with Crippen molar-refractivity contribution in [1.29, 1.82) is 0 Å². The molecule has 2 aromatic heterocycles. The lowest BCUT2D eigenvalue weighted by Crippen LogP contribution is -2.01. The molecule has 5 nitrogen and oxygen atoms in total. The van der Waals surface area contributed by atoms with Crippen LogP contribution in [-0.4, -0.2) is 19.7 Å². The number of aryl methyl sites for hydroxylation is 2. The minimum absolute atomic E-state index is 0.733. The van der Waals surface area contributed by atoms with Crippen LogP contribution in [0.5, 0.6) is 0 Å². The number of nitrogen functional groups attached to an aromatic ring is 1. The summed E-state index contributed by atoms with van der Waals surface area (Å²) in [6.07, 6.45) is 2.60.